The third-order valence-corrected chi connectivity index (χ3v) is 2.22. The number of benzene rings is 1. The van der Waals surface area contributed by atoms with Gasteiger partial charge in [-0.05, 0) is 24.3 Å². The highest BCUT2D eigenvalue weighted by Crippen LogP contribution is 2.13. The number of carbonyl (C=O) groups excluding carboxylic acids is 1. The van der Waals surface area contributed by atoms with Crippen LogP contribution in [-0.2, 0) is 0 Å². The third-order valence-electron chi connectivity index (χ3n) is 2.22. The Labute approximate surface area is 99.5 Å². The molecule has 0 aliphatic heterocycles. The lowest BCUT2D eigenvalue weighted by Crippen LogP contribution is -2.30. The van der Waals surface area contributed by atoms with E-state index in [1.165, 1.54) is 4.90 Å². The van der Waals surface area contributed by atoms with Crippen LogP contribution in [0.4, 0.5) is 10.6 Å². The molecule has 0 unspecified atom stereocenters. The first-order chi connectivity index (χ1) is 8.27. The topological polar surface area (TPSA) is 42.4 Å². The van der Waals surface area contributed by atoms with Gasteiger partial charge in [-0.2, -0.15) is 0 Å². The number of pyridine rings is 1. The van der Waals surface area contributed by atoms with Crippen molar-refractivity contribution >= 4 is 11.9 Å². The van der Waals surface area contributed by atoms with Crippen molar-refractivity contribution in [2.75, 3.05) is 11.9 Å². The van der Waals surface area contributed by atoms with Crippen LogP contribution < -0.4 is 9.64 Å². The monoisotopic (exact) mass is 228 g/mol. The average Bonchev–Trinajstić information content (AvgIpc) is 2.40. The molecular weight excluding hydrogens is 216 g/mol. The van der Waals surface area contributed by atoms with Crippen LogP contribution in [0.15, 0.2) is 54.7 Å². The lowest BCUT2D eigenvalue weighted by molar-refractivity contribution is 0.209. The van der Waals surface area contributed by atoms with Crippen molar-refractivity contribution < 1.29 is 9.53 Å². The number of rotatable bonds is 2. The van der Waals surface area contributed by atoms with Gasteiger partial charge in [0.15, 0.2) is 0 Å². The molecule has 1 aromatic heterocycles. The van der Waals surface area contributed by atoms with Crippen molar-refractivity contribution in [2.45, 2.75) is 0 Å². The van der Waals surface area contributed by atoms with Gasteiger partial charge in [0.05, 0.1) is 0 Å². The van der Waals surface area contributed by atoms with Crippen molar-refractivity contribution in [3.63, 3.8) is 0 Å². The number of anilines is 1. The van der Waals surface area contributed by atoms with Crippen LogP contribution in [0.3, 0.4) is 0 Å². The Morgan fingerprint density at radius 1 is 1.12 bits per heavy atom. The summed E-state index contributed by atoms with van der Waals surface area (Å²) >= 11 is 0. The molecule has 0 spiro atoms. The highest BCUT2D eigenvalue weighted by molar-refractivity contribution is 5.87. The van der Waals surface area contributed by atoms with Crippen molar-refractivity contribution in [1.29, 1.82) is 0 Å². The van der Waals surface area contributed by atoms with Gasteiger partial charge in [0.1, 0.15) is 11.6 Å². The molecule has 0 N–H and O–H groups in total. The number of hydrogen-bond donors (Lipinski definition) is 0. The minimum absolute atomic E-state index is 0.463. The van der Waals surface area contributed by atoms with E-state index in [2.05, 4.69) is 4.98 Å². The standard InChI is InChI=1S/C13H12N2O2/c1-15(12-9-5-6-10-14-12)13(16)17-11-7-3-2-4-8-11/h2-10H,1H3. The molecule has 0 aliphatic rings. The van der Waals surface area contributed by atoms with Crippen LogP contribution in [0.25, 0.3) is 0 Å². The molecule has 0 saturated heterocycles. The van der Waals surface area contributed by atoms with E-state index >= 15 is 0 Å². The maximum absolute atomic E-state index is 11.8. The molecule has 0 aliphatic carbocycles. The van der Waals surface area contributed by atoms with Gasteiger partial charge in [-0.25, -0.2) is 9.78 Å². The summed E-state index contributed by atoms with van der Waals surface area (Å²) in [7, 11) is 1.62. The number of hydrogen-bond acceptors (Lipinski definition) is 3. The number of carbonyl (C=O) groups is 1. The van der Waals surface area contributed by atoms with E-state index in [0.717, 1.165) is 0 Å². The van der Waals surface area contributed by atoms with E-state index in [1.807, 2.05) is 24.3 Å². The molecule has 1 amide bonds. The van der Waals surface area contributed by atoms with Gasteiger partial charge in [-0.3, -0.25) is 4.90 Å². The maximum Gasteiger partial charge on any atom is 0.420 e. The van der Waals surface area contributed by atoms with Gasteiger partial charge in [0.25, 0.3) is 0 Å². The molecule has 17 heavy (non-hydrogen) atoms. The summed E-state index contributed by atoms with van der Waals surface area (Å²) in [5.41, 5.74) is 0. The smallest absolute Gasteiger partial charge is 0.410 e. The molecule has 0 saturated carbocycles. The summed E-state index contributed by atoms with van der Waals surface area (Å²) in [6.45, 7) is 0. The van der Waals surface area contributed by atoms with E-state index in [9.17, 15) is 4.79 Å². The predicted molar refractivity (Wildman–Crippen MR) is 65.1 cm³/mol. The summed E-state index contributed by atoms with van der Waals surface area (Å²) in [6, 6.07) is 14.3. The van der Waals surface area contributed by atoms with Crippen LogP contribution in [0.2, 0.25) is 0 Å². The second-order valence-corrected chi connectivity index (χ2v) is 3.43. The molecule has 1 heterocycles. The molecule has 0 fully saturated rings. The van der Waals surface area contributed by atoms with Crippen LogP contribution in [-0.4, -0.2) is 18.1 Å². The summed E-state index contributed by atoms with van der Waals surface area (Å²) < 4.78 is 5.18. The van der Waals surface area contributed by atoms with E-state index in [4.69, 9.17) is 4.74 Å². The second-order valence-electron chi connectivity index (χ2n) is 3.43. The van der Waals surface area contributed by atoms with Crippen molar-refractivity contribution in [3.05, 3.63) is 54.7 Å². The summed E-state index contributed by atoms with van der Waals surface area (Å²) in [5.74, 6) is 1.06. The predicted octanol–water partition coefficient (Wildman–Crippen LogP) is 2.72. The Kier molecular flexibility index (Phi) is 3.35. The van der Waals surface area contributed by atoms with Gasteiger partial charge in [0.2, 0.25) is 0 Å². The Morgan fingerprint density at radius 2 is 1.82 bits per heavy atom. The highest BCUT2D eigenvalue weighted by atomic mass is 16.6. The quantitative estimate of drug-likeness (QED) is 0.793. The summed E-state index contributed by atoms with van der Waals surface area (Å²) in [4.78, 5) is 17.2. The Morgan fingerprint density at radius 3 is 2.47 bits per heavy atom. The number of nitrogens with zero attached hydrogens (tertiary/aromatic N) is 2. The molecule has 1 aromatic carbocycles. The highest BCUT2D eigenvalue weighted by Gasteiger charge is 2.13. The van der Waals surface area contributed by atoms with Crippen molar-refractivity contribution in [3.8, 4) is 5.75 Å². The van der Waals surface area contributed by atoms with E-state index in [-0.39, 0.29) is 0 Å². The van der Waals surface area contributed by atoms with Gasteiger partial charge in [-0.15, -0.1) is 0 Å². The zero-order valence-electron chi connectivity index (χ0n) is 9.41. The normalized spacial score (nSPS) is 9.71. The summed E-state index contributed by atoms with van der Waals surface area (Å²) in [6.07, 6.45) is 1.16. The largest absolute Gasteiger partial charge is 0.420 e. The molecule has 2 rings (SSSR count). The number of para-hydroxylation sites is 1. The first kappa shape index (κ1) is 11.1. The van der Waals surface area contributed by atoms with Crippen molar-refractivity contribution in [2.24, 2.45) is 0 Å². The molecule has 0 atom stereocenters. The lowest BCUT2D eigenvalue weighted by atomic mass is 10.3. The molecule has 0 radical (unpaired) electrons. The summed E-state index contributed by atoms with van der Waals surface area (Å²) in [5, 5.41) is 0. The molecule has 86 valence electrons. The minimum atomic E-state index is -0.463. The number of amides is 1. The first-order valence-corrected chi connectivity index (χ1v) is 5.19. The van der Waals surface area contributed by atoms with Crippen molar-refractivity contribution in [1.82, 2.24) is 4.98 Å². The fourth-order valence-electron chi connectivity index (χ4n) is 1.30. The lowest BCUT2D eigenvalue weighted by Gasteiger charge is -2.15. The van der Waals surface area contributed by atoms with E-state index < -0.39 is 6.09 Å². The van der Waals surface area contributed by atoms with Crippen LogP contribution in [0.1, 0.15) is 0 Å². The van der Waals surface area contributed by atoms with E-state index in [1.54, 1.807) is 37.5 Å². The SMILES string of the molecule is CN(C(=O)Oc1ccccc1)c1ccccn1. The fraction of sp³-hybridized carbons (Fsp3) is 0.0769. The van der Waals surface area contributed by atoms with Crippen LogP contribution >= 0.6 is 0 Å². The van der Waals surface area contributed by atoms with Gasteiger partial charge < -0.3 is 4.74 Å². The van der Waals surface area contributed by atoms with Crippen LogP contribution in [0.5, 0.6) is 5.75 Å². The zero-order valence-corrected chi connectivity index (χ0v) is 9.41. The fourth-order valence-corrected chi connectivity index (χ4v) is 1.30. The van der Waals surface area contributed by atoms with Gasteiger partial charge in [0, 0.05) is 13.2 Å². The maximum atomic E-state index is 11.8. The van der Waals surface area contributed by atoms with Gasteiger partial charge >= 0.3 is 6.09 Å². The molecule has 0 bridgehead atoms. The number of ether oxygens (including phenoxy) is 1. The minimum Gasteiger partial charge on any atom is -0.410 e. The zero-order chi connectivity index (χ0) is 12.1. The molecule has 4 nitrogen and oxygen atoms in total. The number of aromatic nitrogens is 1. The van der Waals surface area contributed by atoms with Crippen LogP contribution in [0, 0.1) is 0 Å². The molecule has 4 heteroatoms. The Balaban J connectivity index is 2.06. The Hall–Kier alpha value is -2.36. The average molecular weight is 228 g/mol. The van der Waals surface area contributed by atoms with Gasteiger partial charge in [-0.1, -0.05) is 24.3 Å². The first-order valence-electron chi connectivity index (χ1n) is 5.19. The molecular formula is C13H12N2O2. The van der Waals surface area contributed by atoms with E-state index in [0.29, 0.717) is 11.6 Å². The molecule has 2 aromatic rings. The third kappa shape index (κ3) is 2.81. The Bertz CT molecular complexity index is 485. The second kappa shape index (κ2) is 5.12.